The van der Waals surface area contributed by atoms with E-state index in [2.05, 4.69) is 23.2 Å². The highest BCUT2D eigenvalue weighted by Crippen LogP contribution is 2.18. The Morgan fingerprint density at radius 2 is 1.92 bits per heavy atom. The lowest BCUT2D eigenvalue weighted by molar-refractivity contribution is 0.346. The highest BCUT2D eigenvalue weighted by molar-refractivity contribution is 5.20. The first-order valence-corrected chi connectivity index (χ1v) is 4.45. The van der Waals surface area contributed by atoms with E-state index in [1.807, 2.05) is 25.6 Å². The van der Waals surface area contributed by atoms with Gasteiger partial charge in [-0.15, -0.1) is 0 Å². The molecule has 0 N–H and O–H groups in total. The Hall–Kier alpha value is -0.830. The van der Waals surface area contributed by atoms with Crippen molar-refractivity contribution in [2.45, 2.75) is 26.9 Å². The van der Waals surface area contributed by atoms with Gasteiger partial charge in [0.15, 0.2) is 0 Å². The third-order valence-corrected chi connectivity index (χ3v) is 1.85. The summed E-state index contributed by atoms with van der Waals surface area (Å²) in [6, 6.07) is 0. The molecule has 0 bridgehead atoms. The van der Waals surface area contributed by atoms with Crippen LogP contribution in [0.1, 0.15) is 25.1 Å². The molecule has 0 saturated heterocycles. The maximum absolute atomic E-state index is 4.32. The van der Waals surface area contributed by atoms with Crippen molar-refractivity contribution in [3.63, 3.8) is 0 Å². The molecule has 0 unspecified atom stereocenters. The Bertz CT molecular complexity index is 229. The van der Waals surface area contributed by atoms with E-state index in [0.717, 1.165) is 13.1 Å². The smallest absolute Gasteiger partial charge is 0.0809 e. The Balaban J connectivity index is 0.000000336. The van der Waals surface area contributed by atoms with Crippen LogP contribution in [0.5, 0.6) is 0 Å². The second-order valence-corrected chi connectivity index (χ2v) is 2.95. The molecule has 1 aliphatic heterocycles. The number of hydrogen-bond donors (Lipinski definition) is 0. The lowest BCUT2D eigenvalue weighted by Crippen LogP contribution is -2.09. The van der Waals surface area contributed by atoms with E-state index >= 15 is 0 Å². The van der Waals surface area contributed by atoms with Gasteiger partial charge in [-0.05, 0) is 7.05 Å². The number of nitrogens with zero attached hydrogens (tertiary/aromatic N) is 3. The zero-order valence-corrected chi connectivity index (χ0v) is 8.33. The quantitative estimate of drug-likeness (QED) is 0.582. The van der Waals surface area contributed by atoms with Gasteiger partial charge < -0.3 is 0 Å². The van der Waals surface area contributed by atoms with Gasteiger partial charge in [0, 0.05) is 31.9 Å². The summed E-state index contributed by atoms with van der Waals surface area (Å²) in [6.07, 6.45) is 2.10. The summed E-state index contributed by atoms with van der Waals surface area (Å²) in [5, 5.41) is 4.32. The second kappa shape index (κ2) is 3.72. The molecule has 0 amide bonds. The number of aromatic nitrogens is 2. The summed E-state index contributed by atoms with van der Waals surface area (Å²) in [7, 11) is 4.08. The molecule has 0 aromatic carbocycles. The maximum atomic E-state index is 4.32. The van der Waals surface area contributed by atoms with E-state index in [-0.39, 0.29) is 0 Å². The highest BCUT2D eigenvalue weighted by atomic mass is 15.3. The molecule has 2 rings (SSSR count). The van der Waals surface area contributed by atoms with Crippen LogP contribution in [0.3, 0.4) is 0 Å². The van der Waals surface area contributed by atoms with Crippen molar-refractivity contribution in [2.75, 3.05) is 7.05 Å². The van der Waals surface area contributed by atoms with Crippen molar-refractivity contribution in [2.24, 2.45) is 7.05 Å². The largest absolute Gasteiger partial charge is 0.296 e. The molecular formula is C9H17N3. The molecular weight excluding hydrogens is 150 g/mol. The molecule has 3 heteroatoms. The molecule has 0 radical (unpaired) electrons. The molecule has 0 aliphatic carbocycles. The average molecular weight is 167 g/mol. The van der Waals surface area contributed by atoms with Crippen LogP contribution in [0.2, 0.25) is 0 Å². The molecule has 1 aromatic heterocycles. The van der Waals surface area contributed by atoms with Gasteiger partial charge in [0.05, 0.1) is 5.69 Å². The zero-order chi connectivity index (χ0) is 9.14. The molecule has 1 aliphatic rings. The van der Waals surface area contributed by atoms with Crippen LogP contribution in [0.4, 0.5) is 0 Å². The third-order valence-electron chi connectivity index (χ3n) is 1.85. The summed E-state index contributed by atoms with van der Waals surface area (Å²) in [5.74, 6) is 0. The summed E-state index contributed by atoms with van der Waals surface area (Å²) in [4.78, 5) is 2.26. The van der Waals surface area contributed by atoms with Gasteiger partial charge >= 0.3 is 0 Å². The fourth-order valence-corrected chi connectivity index (χ4v) is 1.45. The molecule has 12 heavy (non-hydrogen) atoms. The SMILES string of the molecule is CC.CN1Cc2cn(C)nc2C1. The van der Waals surface area contributed by atoms with Gasteiger partial charge in [-0.2, -0.15) is 5.10 Å². The van der Waals surface area contributed by atoms with E-state index in [1.54, 1.807) is 0 Å². The molecule has 0 fully saturated rings. The standard InChI is InChI=1S/C7H11N3.C2H6/c1-9-3-6-4-10(2)8-7(6)5-9;1-2/h4H,3,5H2,1-2H3;1-2H3. The summed E-state index contributed by atoms with van der Waals surface area (Å²) >= 11 is 0. The molecule has 1 aromatic rings. The van der Waals surface area contributed by atoms with Crippen LogP contribution in [-0.4, -0.2) is 21.7 Å². The van der Waals surface area contributed by atoms with Crippen molar-refractivity contribution >= 4 is 0 Å². The van der Waals surface area contributed by atoms with E-state index in [4.69, 9.17) is 0 Å². The topological polar surface area (TPSA) is 21.1 Å². The van der Waals surface area contributed by atoms with Crippen LogP contribution in [-0.2, 0) is 20.1 Å². The Morgan fingerprint density at radius 1 is 1.25 bits per heavy atom. The van der Waals surface area contributed by atoms with Crippen molar-refractivity contribution in [1.29, 1.82) is 0 Å². The van der Waals surface area contributed by atoms with Crippen LogP contribution in [0.15, 0.2) is 6.20 Å². The number of rotatable bonds is 0. The lowest BCUT2D eigenvalue weighted by atomic mass is 10.3. The van der Waals surface area contributed by atoms with E-state index in [1.165, 1.54) is 11.3 Å². The van der Waals surface area contributed by atoms with Crippen LogP contribution in [0.25, 0.3) is 0 Å². The predicted molar refractivity (Wildman–Crippen MR) is 49.7 cm³/mol. The van der Waals surface area contributed by atoms with Crippen LogP contribution < -0.4 is 0 Å². The lowest BCUT2D eigenvalue weighted by Gasteiger charge is -2.03. The van der Waals surface area contributed by atoms with Crippen molar-refractivity contribution < 1.29 is 0 Å². The molecule has 2 heterocycles. The van der Waals surface area contributed by atoms with Crippen molar-refractivity contribution in [1.82, 2.24) is 14.7 Å². The number of aryl methyl sites for hydroxylation is 1. The van der Waals surface area contributed by atoms with Crippen LogP contribution in [0, 0.1) is 0 Å². The minimum Gasteiger partial charge on any atom is -0.296 e. The second-order valence-electron chi connectivity index (χ2n) is 2.95. The Labute approximate surface area is 74.0 Å². The van der Waals surface area contributed by atoms with Gasteiger partial charge in [-0.25, -0.2) is 0 Å². The van der Waals surface area contributed by atoms with Crippen LogP contribution >= 0.6 is 0 Å². The first-order valence-electron chi connectivity index (χ1n) is 4.45. The number of fused-ring (bicyclic) bond motifs is 1. The molecule has 3 nitrogen and oxygen atoms in total. The fourth-order valence-electron chi connectivity index (χ4n) is 1.45. The van der Waals surface area contributed by atoms with Crippen molar-refractivity contribution in [3.05, 3.63) is 17.5 Å². The monoisotopic (exact) mass is 167 g/mol. The summed E-state index contributed by atoms with van der Waals surface area (Å²) in [6.45, 7) is 6.07. The zero-order valence-electron chi connectivity index (χ0n) is 8.33. The van der Waals surface area contributed by atoms with Crippen molar-refractivity contribution in [3.8, 4) is 0 Å². The predicted octanol–water partition coefficient (Wildman–Crippen LogP) is 1.39. The van der Waals surface area contributed by atoms with Gasteiger partial charge in [0.1, 0.15) is 0 Å². The van der Waals surface area contributed by atoms with E-state index in [0.29, 0.717) is 0 Å². The first-order chi connectivity index (χ1) is 5.75. The average Bonchev–Trinajstić information content (AvgIpc) is 2.48. The van der Waals surface area contributed by atoms with E-state index < -0.39 is 0 Å². The molecule has 0 atom stereocenters. The molecule has 0 spiro atoms. The van der Waals surface area contributed by atoms with Gasteiger partial charge in [-0.3, -0.25) is 9.58 Å². The van der Waals surface area contributed by atoms with E-state index in [9.17, 15) is 0 Å². The highest BCUT2D eigenvalue weighted by Gasteiger charge is 2.17. The summed E-state index contributed by atoms with van der Waals surface area (Å²) < 4.78 is 1.89. The minimum absolute atomic E-state index is 1.01. The van der Waals surface area contributed by atoms with Gasteiger partial charge in [-0.1, -0.05) is 13.8 Å². The first kappa shape index (κ1) is 9.26. The fraction of sp³-hybridized carbons (Fsp3) is 0.667. The Kier molecular flexibility index (Phi) is 2.87. The minimum atomic E-state index is 1.01. The normalized spacial score (nSPS) is 15.3. The molecule has 68 valence electrons. The number of hydrogen-bond acceptors (Lipinski definition) is 2. The Morgan fingerprint density at radius 3 is 2.50 bits per heavy atom. The maximum Gasteiger partial charge on any atom is 0.0809 e. The molecule has 0 saturated carbocycles. The van der Waals surface area contributed by atoms with Gasteiger partial charge in [0.2, 0.25) is 0 Å². The van der Waals surface area contributed by atoms with Gasteiger partial charge in [0.25, 0.3) is 0 Å². The third kappa shape index (κ3) is 1.67. The summed E-state index contributed by atoms with van der Waals surface area (Å²) in [5.41, 5.74) is 2.62.